The number of nitrogen functional groups attached to an aromatic ring is 2. The number of para-hydroxylation sites is 1. The zero-order valence-electron chi connectivity index (χ0n) is 9.72. The molecule has 0 atom stereocenters. The van der Waals surface area contributed by atoms with Crippen LogP contribution in [0.4, 0.5) is 11.4 Å². The van der Waals surface area contributed by atoms with Gasteiger partial charge in [-0.05, 0) is 12.1 Å². The number of carbonyl (C=O) groups is 2. The zero-order valence-corrected chi connectivity index (χ0v) is 9.72. The summed E-state index contributed by atoms with van der Waals surface area (Å²) in [6.07, 6.45) is 1.03. The standard InChI is InChI=1S/C12H14N2O4/c1-2-10(15)17-6-7-18-12(16)8-4-3-5-9(13)11(8)14/h2-5H,1,6-7,13-14H2. The molecule has 0 aliphatic heterocycles. The van der Waals surface area contributed by atoms with Crippen LogP contribution >= 0.6 is 0 Å². The van der Waals surface area contributed by atoms with Crippen LogP contribution in [0.5, 0.6) is 0 Å². The van der Waals surface area contributed by atoms with E-state index in [0.29, 0.717) is 5.69 Å². The van der Waals surface area contributed by atoms with Crippen molar-refractivity contribution in [3.05, 3.63) is 36.4 Å². The Morgan fingerprint density at radius 1 is 1.22 bits per heavy atom. The highest BCUT2D eigenvalue weighted by Gasteiger charge is 2.12. The molecule has 4 N–H and O–H groups in total. The van der Waals surface area contributed by atoms with Crippen LogP contribution < -0.4 is 11.5 Å². The molecule has 96 valence electrons. The Labute approximate surface area is 104 Å². The maximum absolute atomic E-state index is 11.6. The molecule has 0 radical (unpaired) electrons. The van der Waals surface area contributed by atoms with Crippen LogP contribution in [0.15, 0.2) is 30.9 Å². The minimum Gasteiger partial charge on any atom is -0.459 e. The van der Waals surface area contributed by atoms with Gasteiger partial charge in [-0.2, -0.15) is 0 Å². The molecule has 0 bridgehead atoms. The Hall–Kier alpha value is -2.50. The third-order valence-corrected chi connectivity index (χ3v) is 2.09. The Bertz CT molecular complexity index is 471. The van der Waals surface area contributed by atoms with Crippen molar-refractivity contribution in [3.8, 4) is 0 Å². The van der Waals surface area contributed by atoms with Crippen molar-refractivity contribution in [2.45, 2.75) is 0 Å². The van der Waals surface area contributed by atoms with Gasteiger partial charge in [-0.25, -0.2) is 9.59 Å². The lowest BCUT2D eigenvalue weighted by Crippen LogP contribution is -2.14. The quantitative estimate of drug-likeness (QED) is 0.345. The topological polar surface area (TPSA) is 105 Å². The fourth-order valence-corrected chi connectivity index (χ4v) is 1.17. The second-order valence-corrected chi connectivity index (χ2v) is 3.32. The van der Waals surface area contributed by atoms with E-state index >= 15 is 0 Å². The molecule has 1 rings (SSSR count). The van der Waals surface area contributed by atoms with Gasteiger partial charge in [-0.3, -0.25) is 0 Å². The van der Waals surface area contributed by atoms with E-state index in [4.69, 9.17) is 16.2 Å². The molecule has 6 heteroatoms. The summed E-state index contributed by atoms with van der Waals surface area (Å²) < 4.78 is 9.51. The van der Waals surface area contributed by atoms with Crippen molar-refractivity contribution in [1.82, 2.24) is 0 Å². The molecule has 18 heavy (non-hydrogen) atoms. The van der Waals surface area contributed by atoms with Gasteiger partial charge in [0.2, 0.25) is 0 Å². The number of hydrogen-bond donors (Lipinski definition) is 2. The Kier molecular flexibility index (Phi) is 4.74. The highest BCUT2D eigenvalue weighted by Crippen LogP contribution is 2.19. The molecular weight excluding hydrogens is 236 g/mol. The molecule has 0 unspecified atom stereocenters. The van der Waals surface area contributed by atoms with Gasteiger partial charge in [0.1, 0.15) is 13.2 Å². The summed E-state index contributed by atoms with van der Waals surface area (Å²) in [5, 5.41) is 0. The number of anilines is 2. The third kappa shape index (κ3) is 3.51. The molecule has 0 fully saturated rings. The normalized spacial score (nSPS) is 9.56. The van der Waals surface area contributed by atoms with E-state index in [9.17, 15) is 9.59 Å². The van der Waals surface area contributed by atoms with Gasteiger partial charge in [0.25, 0.3) is 0 Å². The predicted molar refractivity (Wildman–Crippen MR) is 66.7 cm³/mol. The molecule has 0 aromatic heterocycles. The molecule has 1 aromatic carbocycles. The van der Waals surface area contributed by atoms with Crippen LogP contribution in [0.1, 0.15) is 10.4 Å². The summed E-state index contributed by atoms with van der Waals surface area (Å²) >= 11 is 0. The second kappa shape index (κ2) is 6.29. The number of esters is 2. The minimum atomic E-state index is -0.616. The van der Waals surface area contributed by atoms with Crippen LogP contribution in [-0.2, 0) is 14.3 Å². The maximum atomic E-state index is 11.6. The van der Waals surface area contributed by atoms with Gasteiger partial charge >= 0.3 is 11.9 Å². The summed E-state index contributed by atoms with van der Waals surface area (Å²) in [5.41, 5.74) is 11.9. The first-order valence-corrected chi connectivity index (χ1v) is 5.16. The smallest absolute Gasteiger partial charge is 0.340 e. The summed E-state index contributed by atoms with van der Waals surface area (Å²) in [6.45, 7) is 3.12. The van der Waals surface area contributed by atoms with Crippen molar-refractivity contribution >= 4 is 23.3 Å². The molecule has 0 aliphatic carbocycles. The molecule has 1 aromatic rings. The number of ether oxygens (including phenoxy) is 2. The Balaban J connectivity index is 2.48. The van der Waals surface area contributed by atoms with Gasteiger partial charge in [0, 0.05) is 6.08 Å². The lowest BCUT2D eigenvalue weighted by Gasteiger charge is -2.08. The zero-order chi connectivity index (χ0) is 13.5. The lowest BCUT2D eigenvalue weighted by molar-refractivity contribution is -0.138. The molecule has 0 spiro atoms. The number of hydrogen-bond acceptors (Lipinski definition) is 6. The molecule has 6 nitrogen and oxygen atoms in total. The predicted octanol–water partition coefficient (Wildman–Crippen LogP) is 0.737. The largest absolute Gasteiger partial charge is 0.459 e. The number of carbonyl (C=O) groups excluding carboxylic acids is 2. The Morgan fingerprint density at radius 2 is 1.89 bits per heavy atom. The lowest BCUT2D eigenvalue weighted by atomic mass is 10.1. The molecule has 0 heterocycles. The van der Waals surface area contributed by atoms with Gasteiger partial charge < -0.3 is 20.9 Å². The monoisotopic (exact) mass is 250 g/mol. The molecule has 0 saturated heterocycles. The SMILES string of the molecule is C=CC(=O)OCCOC(=O)c1cccc(N)c1N. The second-order valence-electron chi connectivity index (χ2n) is 3.32. The minimum absolute atomic E-state index is 0.0428. The fourth-order valence-electron chi connectivity index (χ4n) is 1.17. The number of benzene rings is 1. The highest BCUT2D eigenvalue weighted by molar-refractivity contribution is 5.97. The van der Waals surface area contributed by atoms with E-state index in [2.05, 4.69) is 11.3 Å². The highest BCUT2D eigenvalue weighted by atomic mass is 16.6. The average molecular weight is 250 g/mol. The van der Waals surface area contributed by atoms with Crippen LogP contribution in [0.3, 0.4) is 0 Å². The van der Waals surface area contributed by atoms with Gasteiger partial charge in [0.05, 0.1) is 16.9 Å². The van der Waals surface area contributed by atoms with Gasteiger partial charge in [-0.15, -0.1) is 0 Å². The number of rotatable bonds is 5. The molecule has 0 amide bonds. The van der Waals surface area contributed by atoms with E-state index in [-0.39, 0.29) is 24.5 Å². The first kappa shape index (κ1) is 13.6. The fraction of sp³-hybridized carbons (Fsp3) is 0.167. The first-order valence-electron chi connectivity index (χ1n) is 5.16. The van der Waals surface area contributed by atoms with Crippen molar-refractivity contribution in [1.29, 1.82) is 0 Å². The first-order chi connectivity index (χ1) is 8.56. The Morgan fingerprint density at radius 3 is 2.56 bits per heavy atom. The van der Waals surface area contributed by atoms with Crippen LogP contribution in [0.2, 0.25) is 0 Å². The van der Waals surface area contributed by atoms with Crippen LogP contribution in [-0.4, -0.2) is 25.2 Å². The van der Waals surface area contributed by atoms with Crippen molar-refractivity contribution < 1.29 is 19.1 Å². The summed E-state index contributed by atoms with van der Waals surface area (Å²) in [7, 11) is 0. The van der Waals surface area contributed by atoms with E-state index in [1.54, 1.807) is 12.1 Å². The molecule has 0 saturated carbocycles. The van der Waals surface area contributed by atoms with E-state index in [1.165, 1.54) is 6.07 Å². The third-order valence-electron chi connectivity index (χ3n) is 2.09. The van der Waals surface area contributed by atoms with E-state index in [1.807, 2.05) is 0 Å². The summed E-state index contributed by atoms with van der Waals surface area (Å²) in [6, 6.07) is 4.68. The van der Waals surface area contributed by atoms with Crippen molar-refractivity contribution in [2.24, 2.45) is 0 Å². The van der Waals surface area contributed by atoms with Crippen molar-refractivity contribution in [3.63, 3.8) is 0 Å². The average Bonchev–Trinajstić information content (AvgIpc) is 2.37. The van der Waals surface area contributed by atoms with Gasteiger partial charge in [0.15, 0.2) is 0 Å². The number of nitrogens with two attached hydrogens (primary N) is 2. The molecule has 0 aliphatic rings. The summed E-state index contributed by atoms with van der Waals surface area (Å²) in [5.74, 6) is -1.19. The summed E-state index contributed by atoms with van der Waals surface area (Å²) in [4.78, 5) is 22.3. The van der Waals surface area contributed by atoms with Crippen LogP contribution in [0.25, 0.3) is 0 Å². The van der Waals surface area contributed by atoms with E-state index < -0.39 is 11.9 Å². The van der Waals surface area contributed by atoms with Crippen molar-refractivity contribution in [2.75, 3.05) is 24.7 Å². The van der Waals surface area contributed by atoms with Gasteiger partial charge in [-0.1, -0.05) is 12.6 Å². The van der Waals surface area contributed by atoms with E-state index in [0.717, 1.165) is 6.08 Å². The van der Waals surface area contributed by atoms with Crippen LogP contribution in [0, 0.1) is 0 Å². The maximum Gasteiger partial charge on any atom is 0.340 e. The molecular formula is C12H14N2O4.